The Morgan fingerprint density at radius 2 is 1.79 bits per heavy atom. The average molecular weight is 265 g/mol. The van der Waals surface area contributed by atoms with Crippen LogP contribution in [0.25, 0.3) is 6.08 Å². The second-order valence-corrected chi connectivity index (χ2v) is 3.89. The van der Waals surface area contributed by atoms with Gasteiger partial charge in [-0.1, -0.05) is 36.9 Å². The molecule has 0 radical (unpaired) electrons. The molecule has 6 nitrogen and oxygen atoms in total. The molecule has 2 atom stereocenters. The molecule has 0 unspecified atom stereocenters. The number of aliphatic hydroxyl groups is 2. The van der Waals surface area contributed by atoms with Gasteiger partial charge in [-0.05, 0) is 11.1 Å². The number of carboxylic acid groups (broad SMARTS) is 1. The lowest BCUT2D eigenvalue weighted by molar-refractivity contribution is -0.158. The summed E-state index contributed by atoms with van der Waals surface area (Å²) >= 11 is 0. The van der Waals surface area contributed by atoms with Gasteiger partial charge < -0.3 is 20.6 Å². The molecule has 0 saturated carbocycles. The maximum absolute atomic E-state index is 11.4. The van der Waals surface area contributed by atoms with E-state index in [1.165, 1.54) is 0 Å². The number of hydrogen-bond acceptors (Lipinski definition) is 4. The Hall–Kier alpha value is -2.18. The quantitative estimate of drug-likeness (QED) is 0.567. The maximum atomic E-state index is 11.4. The van der Waals surface area contributed by atoms with Gasteiger partial charge in [-0.25, -0.2) is 4.79 Å². The number of carbonyl (C=O) groups is 2. The summed E-state index contributed by atoms with van der Waals surface area (Å²) in [6.07, 6.45) is -2.46. The highest BCUT2D eigenvalue weighted by Gasteiger charge is 2.29. The van der Waals surface area contributed by atoms with Gasteiger partial charge in [0.05, 0.1) is 0 Å². The van der Waals surface area contributed by atoms with Crippen LogP contribution in [0.3, 0.4) is 0 Å². The van der Waals surface area contributed by atoms with E-state index in [9.17, 15) is 14.7 Å². The number of amides is 1. The van der Waals surface area contributed by atoms with Gasteiger partial charge in [-0.2, -0.15) is 0 Å². The van der Waals surface area contributed by atoms with Crippen LogP contribution in [0.1, 0.15) is 11.1 Å². The average Bonchev–Trinajstić information content (AvgIpc) is 2.43. The van der Waals surface area contributed by atoms with Crippen molar-refractivity contribution < 1.29 is 24.9 Å². The fourth-order valence-electron chi connectivity index (χ4n) is 1.34. The summed E-state index contributed by atoms with van der Waals surface area (Å²) in [5.41, 5.74) is 1.70. The molecule has 0 bridgehead atoms. The summed E-state index contributed by atoms with van der Waals surface area (Å²) in [7, 11) is 0. The van der Waals surface area contributed by atoms with Crippen molar-refractivity contribution in [1.82, 2.24) is 5.32 Å². The Bertz CT molecular complexity index is 468. The van der Waals surface area contributed by atoms with E-state index in [1.807, 2.05) is 0 Å². The van der Waals surface area contributed by atoms with Crippen molar-refractivity contribution in [2.24, 2.45) is 0 Å². The third-order valence-electron chi connectivity index (χ3n) is 2.50. The smallest absolute Gasteiger partial charge is 0.335 e. The van der Waals surface area contributed by atoms with Crippen molar-refractivity contribution in [3.8, 4) is 0 Å². The van der Waals surface area contributed by atoms with E-state index >= 15 is 0 Å². The lowest BCUT2D eigenvalue weighted by Gasteiger charge is -2.14. The minimum atomic E-state index is -2.14. The Morgan fingerprint density at radius 1 is 1.21 bits per heavy atom. The minimum Gasteiger partial charge on any atom is -0.479 e. The molecule has 0 saturated heterocycles. The summed E-state index contributed by atoms with van der Waals surface area (Å²) in [4.78, 5) is 21.8. The number of aliphatic hydroxyl groups excluding tert-OH is 2. The molecule has 0 heterocycles. The number of carboxylic acids is 1. The SMILES string of the molecule is C=Cc1ccc(CNC(=O)[C@@H](O)[C@H](O)C(=O)O)cc1. The maximum Gasteiger partial charge on any atom is 0.335 e. The molecule has 1 aromatic rings. The molecule has 0 aliphatic carbocycles. The van der Waals surface area contributed by atoms with E-state index in [0.29, 0.717) is 0 Å². The Morgan fingerprint density at radius 3 is 2.26 bits per heavy atom. The molecule has 0 fully saturated rings. The highest BCUT2D eigenvalue weighted by Crippen LogP contribution is 2.05. The van der Waals surface area contributed by atoms with Crippen molar-refractivity contribution in [2.75, 3.05) is 0 Å². The number of nitrogens with one attached hydrogen (secondary N) is 1. The largest absolute Gasteiger partial charge is 0.479 e. The summed E-state index contributed by atoms with van der Waals surface area (Å²) in [5, 5.41) is 29.0. The van der Waals surface area contributed by atoms with Crippen LogP contribution in [0.4, 0.5) is 0 Å². The van der Waals surface area contributed by atoms with Crippen LogP contribution in [-0.4, -0.2) is 39.4 Å². The molecular weight excluding hydrogens is 250 g/mol. The lowest BCUT2D eigenvalue weighted by Crippen LogP contribution is -2.45. The van der Waals surface area contributed by atoms with Crippen LogP contribution in [0, 0.1) is 0 Å². The van der Waals surface area contributed by atoms with Crippen LogP contribution in [0.2, 0.25) is 0 Å². The van der Waals surface area contributed by atoms with Crippen molar-refractivity contribution >= 4 is 18.0 Å². The topological polar surface area (TPSA) is 107 Å². The second kappa shape index (κ2) is 6.67. The molecule has 19 heavy (non-hydrogen) atoms. The first kappa shape index (κ1) is 14.9. The normalized spacial score (nSPS) is 13.4. The van der Waals surface area contributed by atoms with Crippen molar-refractivity contribution in [3.63, 3.8) is 0 Å². The zero-order valence-corrected chi connectivity index (χ0v) is 10.1. The highest BCUT2D eigenvalue weighted by atomic mass is 16.4. The first-order valence-corrected chi connectivity index (χ1v) is 5.53. The molecule has 4 N–H and O–H groups in total. The van der Waals surface area contributed by atoms with Gasteiger partial charge in [-0.15, -0.1) is 0 Å². The highest BCUT2D eigenvalue weighted by molar-refractivity contribution is 5.87. The summed E-state index contributed by atoms with van der Waals surface area (Å²) in [5.74, 6) is -2.60. The predicted molar refractivity (Wildman–Crippen MR) is 68.0 cm³/mol. The molecule has 1 amide bonds. The van der Waals surface area contributed by atoms with Gasteiger partial charge in [0, 0.05) is 6.54 Å². The van der Waals surface area contributed by atoms with E-state index in [2.05, 4.69) is 11.9 Å². The molecule has 6 heteroatoms. The van der Waals surface area contributed by atoms with Crippen LogP contribution in [0.15, 0.2) is 30.8 Å². The molecule has 0 aliphatic heterocycles. The first-order chi connectivity index (χ1) is 8.95. The third kappa shape index (κ3) is 4.20. The van der Waals surface area contributed by atoms with Crippen molar-refractivity contribution in [1.29, 1.82) is 0 Å². The van der Waals surface area contributed by atoms with Gasteiger partial charge in [0.15, 0.2) is 12.2 Å². The zero-order valence-electron chi connectivity index (χ0n) is 10.1. The monoisotopic (exact) mass is 265 g/mol. The standard InChI is InChI=1S/C13H15NO5/c1-2-8-3-5-9(6-4-8)7-14-12(17)10(15)11(16)13(18)19/h2-6,10-11,15-16H,1,7H2,(H,14,17)(H,18,19)/t10-,11-/m0/s1. The summed E-state index contributed by atoms with van der Waals surface area (Å²) in [6, 6.07) is 7.13. The lowest BCUT2D eigenvalue weighted by atomic mass is 10.1. The van der Waals surface area contributed by atoms with Crippen LogP contribution in [0.5, 0.6) is 0 Å². The third-order valence-corrected chi connectivity index (χ3v) is 2.50. The zero-order chi connectivity index (χ0) is 14.4. The van der Waals surface area contributed by atoms with Crippen molar-refractivity contribution in [3.05, 3.63) is 42.0 Å². The van der Waals surface area contributed by atoms with E-state index in [-0.39, 0.29) is 6.54 Å². The summed E-state index contributed by atoms with van der Waals surface area (Å²) < 4.78 is 0. The minimum absolute atomic E-state index is 0.125. The van der Waals surface area contributed by atoms with E-state index < -0.39 is 24.1 Å². The van der Waals surface area contributed by atoms with Crippen molar-refractivity contribution in [2.45, 2.75) is 18.8 Å². The molecular formula is C13H15NO5. The van der Waals surface area contributed by atoms with Gasteiger partial charge in [0.25, 0.3) is 5.91 Å². The fraction of sp³-hybridized carbons (Fsp3) is 0.231. The first-order valence-electron chi connectivity index (χ1n) is 5.53. The van der Waals surface area contributed by atoms with Gasteiger partial charge in [-0.3, -0.25) is 4.79 Å². The number of rotatable bonds is 6. The van der Waals surface area contributed by atoms with E-state index in [1.54, 1.807) is 30.3 Å². The number of aliphatic carboxylic acids is 1. The van der Waals surface area contributed by atoms with Gasteiger partial charge >= 0.3 is 5.97 Å². The van der Waals surface area contributed by atoms with Crippen LogP contribution >= 0.6 is 0 Å². The van der Waals surface area contributed by atoms with Gasteiger partial charge in [0.2, 0.25) is 0 Å². The Balaban J connectivity index is 2.53. The van der Waals surface area contributed by atoms with Crippen LogP contribution < -0.4 is 5.32 Å². The number of hydrogen-bond donors (Lipinski definition) is 4. The number of carbonyl (C=O) groups excluding carboxylic acids is 1. The molecule has 0 spiro atoms. The Labute approximate surface area is 110 Å². The molecule has 1 rings (SSSR count). The Kier molecular flexibility index (Phi) is 5.23. The summed E-state index contributed by atoms with van der Waals surface area (Å²) in [6.45, 7) is 3.73. The van der Waals surface area contributed by atoms with E-state index in [4.69, 9.17) is 10.2 Å². The fourth-order valence-corrected chi connectivity index (χ4v) is 1.34. The van der Waals surface area contributed by atoms with Crippen LogP contribution in [-0.2, 0) is 16.1 Å². The second-order valence-electron chi connectivity index (χ2n) is 3.89. The molecule has 0 aliphatic rings. The van der Waals surface area contributed by atoms with E-state index in [0.717, 1.165) is 11.1 Å². The molecule has 102 valence electrons. The molecule has 1 aromatic carbocycles. The predicted octanol–water partition coefficient (Wildman–Crippen LogP) is -0.248. The number of benzene rings is 1. The molecule has 0 aromatic heterocycles. The van der Waals surface area contributed by atoms with Gasteiger partial charge in [0.1, 0.15) is 0 Å².